The first-order valence-electron chi connectivity index (χ1n) is 6.71. The Morgan fingerprint density at radius 3 is 2.90 bits per heavy atom. The number of amides is 1. The van der Waals surface area contributed by atoms with E-state index in [1.807, 2.05) is 25.1 Å². The molecule has 0 saturated heterocycles. The fourth-order valence-corrected chi connectivity index (χ4v) is 1.94. The third kappa shape index (κ3) is 3.74. The summed E-state index contributed by atoms with van der Waals surface area (Å²) in [6.07, 6.45) is 1.65. The molecule has 1 aromatic rings. The predicted octanol–water partition coefficient (Wildman–Crippen LogP) is 1.41. The van der Waals surface area contributed by atoms with Gasteiger partial charge in [0.15, 0.2) is 11.5 Å². The molecule has 0 bridgehead atoms. The lowest BCUT2D eigenvalue weighted by Gasteiger charge is -2.21. The number of carbonyl (C=O) groups is 1. The van der Waals surface area contributed by atoms with Crippen molar-refractivity contribution in [1.82, 2.24) is 10.6 Å². The smallest absolute Gasteiger partial charge is 0.234 e. The van der Waals surface area contributed by atoms with Gasteiger partial charge in [0.25, 0.3) is 0 Å². The SMILES string of the molecule is C=CCNC(=O)CNC(C)c1ccc2c(c1)OCCO2. The van der Waals surface area contributed by atoms with Crippen molar-refractivity contribution in [3.8, 4) is 11.5 Å². The third-order valence-corrected chi connectivity index (χ3v) is 3.08. The summed E-state index contributed by atoms with van der Waals surface area (Å²) < 4.78 is 11.0. The van der Waals surface area contributed by atoms with E-state index >= 15 is 0 Å². The van der Waals surface area contributed by atoms with Crippen molar-refractivity contribution in [2.75, 3.05) is 26.3 Å². The quantitative estimate of drug-likeness (QED) is 0.771. The van der Waals surface area contributed by atoms with Gasteiger partial charge in [0, 0.05) is 12.6 Å². The van der Waals surface area contributed by atoms with Crippen LogP contribution in [0.1, 0.15) is 18.5 Å². The molecule has 1 heterocycles. The summed E-state index contributed by atoms with van der Waals surface area (Å²) >= 11 is 0. The summed E-state index contributed by atoms with van der Waals surface area (Å²) in [6.45, 7) is 7.47. The zero-order valence-corrected chi connectivity index (χ0v) is 11.6. The molecule has 5 heteroatoms. The fourth-order valence-electron chi connectivity index (χ4n) is 1.94. The lowest BCUT2D eigenvalue weighted by molar-refractivity contribution is -0.120. The summed E-state index contributed by atoms with van der Waals surface area (Å²) in [5.74, 6) is 1.49. The van der Waals surface area contributed by atoms with Crippen molar-refractivity contribution < 1.29 is 14.3 Å². The molecular weight excluding hydrogens is 256 g/mol. The number of fused-ring (bicyclic) bond motifs is 1. The number of benzene rings is 1. The lowest BCUT2D eigenvalue weighted by atomic mass is 10.1. The van der Waals surface area contributed by atoms with Crippen LogP contribution in [-0.4, -0.2) is 32.2 Å². The van der Waals surface area contributed by atoms with Gasteiger partial charge in [-0.25, -0.2) is 0 Å². The summed E-state index contributed by atoms with van der Waals surface area (Å²) in [5.41, 5.74) is 1.06. The van der Waals surface area contributed by atoms with E-state index in [-0.39, 0.29) is 18.5 Å². The average Bonchev–Trinajstić information content (AvgIpc) is 2.50. The van der Waals surface area contributed by atoms with Gasteiger partial charge in [-0.15, -0.1) is 6.58 Å². The molecule has 0 spiro atoms. The maximum absolute atomic E-state index is 11.5. The zero-order chi connectivity index (χ0) is 14.4. The Hall–Kier alpha value is -2.01. The molecule has 1 aliphatic rings. The van der Waals surface area contributed by atoms with Gasteiger partial charge in [0.1, 0.15) is 13.2 Å². The molecular formula is C15H20N2O3. The summed E-state index contributed by atoms with van der Waals surface area (Å²) in [7, 11) is 0. The molecule has 1 aliphatic heterocycles. The van der Waals surface area contributed by atoms with E-state index in [0.717, 1.165) is 17.1 Å². The van der Waals surface area contributed by atoms with Crippen LogP contribution in [0.25, 0.3) is 0 Å². The first-order chi connectivity index (χ1) is 9.70. The Labute approximate surface area is 119 Å². The van der Waals surface area contributed by atoms with Crippen LogP contribution in [0.15, 0.2) is 30.9 Å². The van der Waals surface area contributed by atoms with Gasteiger partial charge in [-0.1, -0.05) is 12.1 Å². The van der Waals surface area contributed by atoms with Crippen LogP contribution in [0.2, 0.25) is 0 Å². The van der Waals surface area contributed by atoms with E-state index in [2.05, 4.69) is 17.2 Å². The van der Waals surface area contributed by atoms with Gasteiger partial charge in [0.2, 0.25) is 5.91 Å². The van der Waals surface area contributed by atoms with E-state index in [1.165, 1.54) is 0 Å². The first kappa shape index (κ1) is 14.4. The van der Waals surface area contributed by atoms with Crippen molar-refractivity contribution >= 4 is 5.91 Å². The minimum atomic E-state index is -0.0470. The Kier molecular flexibility index (Phi) is 5.01. The van der Waals surface area contributed by atoms with Gasteiger partial charge >= 0.3 is 0 Å². The molecule has 0 saturated carbocycles. The molecule has 2 N–H and O–H groups in total. The number of hydrogen-bond donors (Lipinski definition) is 2. The highest BCUT2D eigenvalue weighted by atomic mass is 16.6. The van der Waals surface area contributed by atoms with Crippen LogP contribution in [-0.2, 0) is 4.79 Å². The Morgan fingerprint density at radius 2 is 2.15 bits per heavy atom. The summed E-state index contributed by atoms with van der Waals surface area (Å²) in [6, 6.07) is 5.89. The van der Waals surface area contributed by atoms with E-state index in [1.54, 1.807) is 6.08 Å². The number of hydrogen-bond acceptors (Lipinski definition) is 4. The number of ether oxygens (including phenoxy) is 2. The maximum atomic E-state index is 11.5. The highest BCUT2D eigenvalue weighted by Gasteiger charge is 2.14. The normalized spacial score (nSPS) is 14.4. The van der Waals surface area contributed by atoms with E-state index < -0.39 is 0 Å². The van der Waals surface area contributed by atoms with Crippen LogP contribution in [0.4, 0.5) is 0 Å². The first-order valence-corrected chi connectivity index (χ1v) is 6.71. The second-order valence-electron chi connectivity index (χ2n) is 4.60. The zero-order valence-electron chi connectivity index (χ0n) is 11.6. The number of nitrogens with one attached hydrogen (secondary N) is 2. The molecule has 1 amide bonds. The largest absolute Gasteiger partial charge is 0.486 e. The molecule has 1 atom stereocenters. The second kappa shape index (κ2) is 6.96. The molecule has 0 aliphatic carbocycles. The van der Waals surface area contributed by atoms with Crippen molar-refractivity contribution in [1.29, 1.82) is 0 Å². The monoisotopic (exact) mass is 276 g/mol. The minimum absolute atomic E-state index is 0.0470. The Morgan fingerprint density at radius 1 is 1.40 bits per heavy atom. The van der Waals surface area contributed by atoms with Crippen molar-refractivity contribution in [2.24, 2.45) is 0 Å². The topological polar surface area (TPSA) is 59.6 Å². The van der Waals surface area contributed by atoms with Crippen LogP contribution in [0.5, 0.6) is 11.5 Å². The summed E-state index contributed by atoms with van der Waals surface area (Å²) in [4.78, 5) is 11.5. The van der Waals surface area contributed by atoms with Crippen LogP contribution in [0.3, 0.4) is 0 Å². The molecule has 2 rings (SSSR count). The molecule has 0 radical (unpaired) electrons. The molecule has 0 aromatic heterocycles. The Bertz CT molecular complexity index is 488. The predicted molar refractivity (Wildman–Crippen MR) is 77.1 cm³/mol. The molecule has 1 unspecified atom stereocenters. The van der Waals surface area contributed by atoms with Crippen molar-refractivity contribution in [3.05, 3.63) is 36.4 Å². The van der Waals surface area contributed by atoms with Crippen molar-refractivity contribution in [3.63, 3.8) is 0 Å². The van der Waals surface area contributed by atoms with Crippen LogP contribution in [0, 0.1) is 0 Å². The highest BCUT2D eigenvalue weighted by Crippen LogP contribution is 2.32. The molecule has 0 fully saturated rings. The number of carbonyl (C=O) groups excluding carboxylic acids is 1. The van der Waals surface area contributed by atoms with E-state index in [4.69, 9.17) is 9.47 Å². The lowest BCUT2D eigenvalue weighted by Crippen LogP contribution is -2.35. The molecule has 108 valence electrons. The van der Waals surface area contributed by atoms with Gasteiger partial charge < -0.3 is 20.1 Å². The fraction of sp³-hybridized carbons (Fsp3) is 0.400. The molecule has 20 heavy (non-hydrogen) atoms. The average molecular weight is 276 g/mol. The Balaban J connectivity index is 1.90. The van der Waals surface area contributed by atoms with E-state index in [9.17, 15) is 4.79 Å². The van der Waals surface area contributed by atoms with Gasteiger partial charge in [-0.05, 0) is 24.6 Å². The van der Waals surface area contributed by atoms with Crippen LogP contribution >= 0.6 is 0 Å². The van der Waals surface area contributed by atoms with Crippen molar-refractivity contribution in [2.45, 2.75) is 13.0 Å². The molecule has 1 aromatic carbocycles. The van der Waals surface area contributed by atoms with Gasteiger partial charge in [-0.2, -0.15) is 0 Å². The van der Waals surface area contributed by atoms with Crippen LogP contribution < -0.4 is 20.1 Å². The number of rotatable bonds is 6. The minimum Gasteiger partial charge on any atom is -0.486 e. The van der Waals surface area contributed by atoms with Gasteiger partial charge in [-0.3, -0.25) is 4.79 Å². The summed E-state index contributed by atoms with van der Waals surface area (Å²) in [5, 5.41) is 5.90. The standard InChI is InChI=1S/C15H20N2O3/c1-3-6-16-15(18)10-17-11(2)12-4-5-13-14(9-12)20-8-7-19-13/h3-5,9,11,17H,1,6-8,10H2,2H3,(H,16,18). The second-order valence-corrected chi connectivity index (χ2v) is 4.60. The third-order valence-electron chi connectivity index (χ3n) is 3.08. The van der Waals surface area contributed by atoms with E-state index in [0.29, 0.717) is 19.8 Å². The highest BCUT2D eigenvalue weighted by molar-refractivity contribution is 5.78. The maximum Gasteiger partial charge on any atom is 0.234 e. The molecule has 5 nitrogen and oxygen atoms in total. The van der Waals surface area contributed by atoms with Gasteiger partial charge in [0.05, 0.1) is 6.54 Å².